The van der Waals surface area contributed by atoms with E-state index in [0.717, 1.165) is 0 Å². The fourth-order valence-electron chi connectivity index (χ4n) is 3.30. The molecule has 0 unspecified atom stereocenters. The van der Waals surface area contributed by atoms with Crippen molar-refractivity contribution in [1.29, 1.82) is 0 Å². The van der Waals surface area contributed by atoms with Crippen LogP contribution in [-0.4, -0.2) is 39.2 Å². The molecule has 0 spiro atoms. The second-order valence-corrected chi connectivity index (χ2v) is 9.92. The molecule has 8 heteroatoms. The first kappa shape index (κ1) is 24.5. The second kappa shape index (κ2) is 10.5. The van der Waals surface area contributed by atoms with Gasteiger partial charge in [-0.1, -0.05) is 27.7 Å². The van der Waals surface area contributed by atoms with Crippen molar-refractivity contribution in [2.75, 3.05) is 29.3 Å². The predicted molar refractivity (Wildman–Crippen MR) is 124 cm³/mol. The fraction of sp³-hybridized carbons (Fsp3) is 0.435. The van der Waals surface area contributed by atoms with Crippen molar-refractivity contribution in [2.45, 2.75) is 39.5 Å². The van der Waals surface area contributed by atoms with Crippen LogP contribution in [0.1, 0.15) is 45.0 Å². The topological polar surface area (TPSA) is 95.9 Å². The number of hydrogen-bond donors (Lipinski definition) is 2. The Labute approximate surface area is 185 Å². The largest absolute Gasteiger partial charge is 0.494 e. The van der Waals surface area contributed by atoms with Gasteiger partial charge in [0.05, 0.1) is 22.8 Å². The van der Waals surface area contributed by atoms with Crippen LogP contribution in [-0.2, 0) is 10.0 Å². The molecule has 0 aliphatic heterocycles. The van der Waals surface area contributed by atoms with Crippen molar-refractivity contribution in [3.63, 3.8) is 0 Å². The number of carboxylic acids is 1. The number of nitrogens with one attached hydrogen (secondary N) is 1. The molecule has 31 heavy (non-hydrogen) atoms. The zero-order valence-electron chi connectivity index (χ0n) is 18.8. The van der Waals surface area contributed by atoms with E-state index in [1.807, 2.05) is 11.8 Å². The summed E-state index contributed by atoms with van der Waals surface area (Å²) in [6.07, 6.45) is 0. The molecule has 7 nitrogen and oxygen atoms in total. The minimum absolute atomic E-state index is 0.0631. The van der Waals surface area contributed by atoms with Gasteiger partial charge in [0.15, 0.2) is 0 Å². The van der Waals surface area contributed by atoms with E-state index in [1.165, 1.54) is 18.2 Å². The van der Waals surface area contributed by atoms with E-state index in [4.69, 9.17) is 4.74 Å². The van der Waals surface area contributed by atoms with Crippen molar-refractivity contribution in [1.82, 2.24) is 0 Å². The van der Waals surface area contributed by atoms with Crippen LogP contribution in [0.15, 0.2) is 47.4 Å². The van der Waals surface area contributed by atoms with Gasteiger partial charge < -0.3 is 14.7 Å². The first-order valence-corrected chi connectivity index (χ1v) is 11.9. The lowest BCUT2D eigenvalue weighted by atomic mass is 10.1. The van der Waals surface area contributed by atoms with E-state index in [0.29, 0.717) is 43.0 Å². The molecule has 170 valence electrons. The Morgan fingerprint density at radius 3 is 2.10 bits per heavy atom. The molecule has 0 aliphatic carbocycles. The van der Waals surface area contributed by atoms with E-state index in [1.54, 1.807) is 24.3 Å². The van der Waals surface area contributed by atoms with Gasteiger partial charge in [-0.25, -0.2) is 13.2 Å². The third-order valence-electron chi connectivity index (χ3n) is 4.44. The number of ether oxygens (including phenoxy) is 1. The van der Waals surface area contributed by atoms with Crippen LogP contribution >= 0.6 is 0 Å². The zero-order chi connectivity index (χ0) is 23.2. The van der Waals surface area contributed by atoms with Crippen LogP contribution in [0.5, 0.6) is 5.75 Å². The van der Waals surface area contributed by atoms with Gasteiger partial charge in [0, 0.05) is 18.8 Å². The van der Waals surface area contributed by atoms with E-state index in [2.05, 4.69) is 32.4 Å². The number of aromatic carboxylic acids is 1. The van der Waals surface area contributed by atoms with Gasteiger partial charge in [0.1, 0.15) is 5.75 Å². The van der Waals surface area contributed by atoms with Crippen molar-refractivity contribution >= 4 is 27.4 Å². The normalized spacial score (nSPS) is 11.6. The summed E-state index contributed by atoms with van der Waals surface area (Å²) in [4.78, 5) is 14.1. The molecule has 0 saturated heterocycles. The fourth-order valence-corrected chi connectivity index (χ4v) is 4.34. The highest BCUT2D eigenvalue weighted by molar-refractivity contribution is 7.92. The van der Waals surface area contributed by atoms with Crippen LogP contribution in [0, 0.1) is 11.8 Å². The van der Waals surface area contributed by atoms with Gasteiger partial charge in [-0.2, -0.15) is 0 Å². The highest BCUT2D eigenvalue weighted by Gasteiger charge is 2.21. The maximum atomic E-state index is 12.8. The third-order valence-corrected chi connectivity index (χ3v) is 5.83. The molecule has 0 aliphatic rings. The van der Waals surface area contributed by atoms with E-state index in [9.17, 15) is 18.3 Å². The Bertz CT molecular complexity index is 976. The maximum Gasteiger partial charge on any atom is 0.337 e. The summed E-state index contributed by atoms with van der Waals surface area (Å²) in [5.41, 5.74) is 0.844. The lowest BCUT2D eigenvalue weighted by Crippen LogP contribution is -2.32. The lowest BCUT2D eigenvalue weighted by molar-refractivity contribution is 0.0697. The summed E-state index contributed by atoms with van der Waals surface area (Å²) in [5.74, 6) is 0.167. The molecule has 0 aromatic heterocycles. The Balaban J connectivity index is 2.35. The molecular formula is C23H32N2O5S. The van der Waals surface area contributed by atoms with Gasteiger partial charge in [0.25, 0.3) is 10.0 Å². The number of rotatable bonds is 11. The Kier molecular flexibility index (Phi) is 8.33. The van der Waals surface area contributed by atoms with Gasteiger partial charge in [-0.3, -0.25) is 4.72 Å². The van der Waals surface area contributed by atoms with Crippen molar-refractivity contribution in [2.24, 2.45) is 11.8 Å². The first-order valence-electron chi connectivity index (χ1n) is 10.4. The van der Waals surface area contributed by atoms with Crippen LogP contribution in [0.4, 0.5) is 11.4 Å². The van der Waals surface area contributed by atoms with Crippen LogP contribution < -0.4 is 14.4 Å². The number of carbonyl (C=O) groups is 1. The highest BCUT2D eigenvalue weighted by Crippen LogP contribution is 2.28. The molecular weight excluding hydrogens is 416 g/mol. The van der Waals surface area contributed by atoms with Crippen molar-refractivity contribution in [3.8, 4) is 5.75 Å². The average Bonchev–Trinajstić information content (AvgIpc) is 2.67. The van der Waals surface area contributed by atoms with Gasteiger partial charge >= 0.3 is 5.97 Å². The monoisotopic (exact) mass is 448 g/mol. The third kappa shape index (κ3) is 6.89. The van der Waals surface area contributed by atoms with E-state index in [-0.39, 0.29) is 16.1 Å². The molecule has 0 heterocycles. The number of nitrogens with zero attached hydrogens (tertiary/aromatic N) is 1. The van der Waals surface area contributed by atoms with E-state index >= 15 is 0 Å². The average molecular weight is 449 g/mol. The number of sulfonamides is 1. The second-order valence-electron chi connectivity index (χ2n) is 8.24. The van der Waals surface area contributed by atoms with Gasteiger partial charge in [0.2, 0.25) is 0 Å². The Hall–Kier alpha value is -2.74. The molecule has 0 fully saturated rings. The van der Waals surface area contributed by atoms with Crippen LogP contribution in [0.3, 0.4) is 0 Å². The van der Waals surface area contributed by atoms with Gasteiger partial charge in [-0.05, 0) is 61.2 Å². The van der Waals surface area contributed by atoms with E-state index < -0.39 is 16.0 Å². The lowest BCUT2D eigenvalue weighted by Gasteiger charge is -2.30. The molecule has 0 atom stereocenters. The minimum atomic E-state index is -3.87. The molecule has 2 aromatic rings. The number of anilines is 2. The molecule has 0 amide bonds. The smallest absolute Gasteiger partial charge is 0.337 e. The molecule has 2 rings (SSSR count). The zero-order valence-corrected chi connectivity index (χ0v) is 19.6. The maximum absolute atomic E-state index is 12.8. The molecule has 0 saturated carbocycles. The summed E-state index contributed by atoms with van der Waals surface area (Å²) in [6, 6.07) is 10.7. The first-order chi connectivity index (χ1) is 14.5. The van der Waals surface area contributed by atoms with Crippen molar-refractivity contribution < 1.29 is 23.1 Å². The summed E-state index contributed by atoms with van der Waals surface area (Å²) >= 11 is 0. The summed E-state index contributed by atoms with van der Waals surface area (Å²) in [6.45, 7) is 12.0. The Morgan fingerprint density at radius 1 is 1.03 bits per heavy atom. The van der Waals surface area contributed by atoms with Crippen LogP contribution in [0.2, 0.25) is 0 Å². The van der Waals surface area contributed by atoms with Crippen molar-refractivity contribution in [3.05, 3.63) is 48.0 Å². The standard InChI is InChI=1S/C23H32N2O5S/c1-6-30-19-8-10-20(11-9-19)31(28,29)24-18-7-12-22(21(13-18)23(26)27)25(14-16(2)3)15-17(4)5/h7-13,16-17,24H,6,14-15H2,1-5H3,(H,26,27). The highest BCUT2D eigenvalue weighted by atomic mass is 32.2. The van der Waals surface area contributed by atoms with Crippen LogP contribution in [0.25, 0.3) is 0 Å². The molecule has 0 radical (unpaired) electrons. The SMILES string of the molecule is CCOc1ccc(S(=O)(=O)Nc2ccc(N(CC(C)C)CC(C)C)c(C(=O)O)c2)cc1. The summed E-state index contributed by atoms with van der Waals surface area (Å²) in [5, 5.41) is 9.79. The number of benzene rings is 2. The number of carboxylic acid groups (broad SMARTS) is 1. The molecule has 0 bridgehead atoms. The predicted octanol–water partition coefficient (Wildman–Crippen LogP) is 4.70. The quantitative estimate of drug-likeness (QED) is 0.517. The van der Waals surface area contributed by atoms with Gasteiger partial charge in [-0.15, -0.1) is 0 Å². The molecule has 2 aromatic carbocycles. The molecule has 2 N–H and O–H groups in total. The minimum Gasteiger partial charge on any atom is -0.494 e. The summed E-state index contributed by atoms with van der Waals surface area (Å²) in [7, 11) is -3.87. The number of hydrogen-bond acceptors (Lipinski definition) is 5. The summed E-state index contributed by atoms with van der Waals surface area (Å²) < 4.78 is 33.3. The Morgan fingerprint density at radius 2 is 1.61 bits per heavy atom.